The maximum absolute atomic E-state index is 13.7. The van der Waals surface area contributed by atoms with Crippen LogP contribution in [0.2, 0.25) is 0 Å². The Kier molecular flexibility index (Phi) is 3.72. The number of aromatic nitrogens is 1. The van der Waals surface area contributed by atoms with Gasteiger partial charge < -0.3 is 5.11 Å². The lowest BCUT2D eigenvalue weighted by molar-refractivity contribution is -0.148. The molecule has 2 aromatic rings. The van der Waals surface area contributed by atoms with E-state index >= 15 is 0 Å². The normalized spacial score (nSPS) is 12.1. The fourth-order valence-electron chi connectivity index (χ4n) is 1.94. The van der Waals surface area contributed by atoms with Crippen LogP contribution in [0, 0.1) is 5.82 Å². The van der Waals surface area contributed by atoms with Crippen LogP contribution >= 0.6 is 0 Å². The van der Waals surface area contributed by atoms with Gasteiger partial charge in [0.15, 0.2) is 0 Å². The molecule has 1 aromatic carbocycles. The molecular weight excluding hydrogens is 259 g/mol. The number of nitrogens with zero attached hydrogens (tertiary/aromatic N) is 2. The van der Waals surface area contributed by atoms with Crippen LogP contribution in [0.1, 0.15) is 19.4 Å². The third-order valence-electron chi connectivity index (χ3n) is 3.69. The monoisotopic (exact) mass is 276 g/mol. The number of carboxylic acids is 1. The number of hydrogen-bond acceptors (Lipinski definition) is 3. The predicted molar refractivity (Wildman–Crippen MR) is 74.9 cm³/mol. The Morgan fingerprint density at radius 2 is 2.10 bits per heavy atom. The molecule has 0 radical (unpaired) electrons. The number of halogens is 1. The number of likely N-dealkylation sites (N-methyl/N-ethyl adjacent to an activating group) is 1. The molecule has 0 bridgehead atoms. The van der Waals surface area contributed by atoms with E-state index in [1.165, 1.54) is 6.07 Å². The zero-order valence-corrected chi connectivity index (χ0v) is 11.7. The summed E-state index contributed by atoms with van der Waals surface area (Å²) in [6.45, 7) is 3.65. The Hall–Kier alpha value is -2.01. The molecule has 106 valence electrons. The summed E-state index contributed by atoms with van der Waals surface area (Å²) in [5.74, 6) is -1.23. The Labute approximate surface area is 116 Å². The van der Waals surface area contributed by atoms with Crippen molar-refractivity contribution in [3.8, 4) is 0 Å². The second-order valence-electron chi connectivity index (χ2n) is 5.33. The van der Waals surface area contributed by atoms with Gasteiger partial charge in [0, 0.05) is 18.1 Å². The summed E-state index contributed by atoms with van der Waals surface area (Å²) in [6, 6.07) is 6.39. The molecule has 0 aliphatic carbocycles. The van der Waals surface area contributed by atoms with E-state index in [0.29, 0.717) is 17.4 Å². The number of fused-ring (bicyclic) bond motifs is 1. The van der Waals surface area contributed by atoms with Crippen molar-refractivity contribution in [2.45, 2.75) is 25.9 Å². The standard InChI is InChI=1S/C15H17FN2O2/c1-15(2,14(19)20)18(3)9-10-6-7-12(16)11-5-4-8-17-13(10)11/h4-8H,9H2,1-3H3,(H,19,20). The van der Waals surface area contributed by atoms with Crippen molar-refractivity contribution in [3.05, 3.63) is 41.8 Å². The van der Waals surface area contributed by atoms with Gasteiger partial charge >= 0.3 is 5.97 Å². The molecule has 5 heteroatoms. The molecule has 0 aliphatic heterocycles. The van der Waals surface area contributed by atoms with E-state index in [-0.39, 0.29) is 5.82 Å². The van der Waals surface area contributed by atoms with Crippen LogP contribution in [0.3, 0.4) is 0 Å². The van der Waals surface area contributed by atoms with Crippen molar-refractivity contribution >= 4 is 16.9 Å². The largest absolute Gasteiger partial charge is 0.480 e. The Morgan fingerprint density at radius 3 is 2.75 bits per heavy atom. The highest BCUT2D eigenvalue weighted by atomic mass is 19.1. The van der Waals surface area contributed by atoms with Crippen molar-refractivity contribution < 1.29 is 14.3 Å². The molecule has 0 saturated carbocycles. The topological polar surface area (TPSA) is 53.4 Å². The number of carbonyl (C=O) groups is 1. The van der Waals surface area contributed by atoms with Gasteiger partial charge in [-0.2, -0.15) is 0 Å². The van der Waals surface area contributed by atoms with Gasteiger partial charge in [-0.3, -0.25) is 14.7 Å². The van der Waals surface area contributed by atoms with Crippen molar-refractivity contribution in [3.63, 3.8) is 0 Å². The fraction of sp³-hybridized carbons (Fsp3) is 0.333. The fourth-order valence-corrected chi connectivity index (χ4v) is 1.94. The summed E-state index contributed by atoms with van der Waals surface area (Å²) >= 11 is 0. The van der Waals surface area contributed by atoms with Gasteiger partial charge in [0.25, 0.3) is 0 Å². The number of aliphatic carboxylic acids is 1. The van der Waals surface area contributed by atoms with Crippen LogP contribution in [-0.2, 0) is 11.3 Å². The van der Waals surface area contributed by atoms with Crippen molar-refractivity contribution in [1.29, 1.82) is 0 Å². The minimum atomic E-state index is -1.00. The number of pyridine rings is 1. The van der Waals surface area contributed by atoms with E-state index in [1.807, 2.05) is 0 Å². The first-order chi connectivity index (χ1) is 9.34. The van der Waals surface area contributed by atoms with Gasteiger partial charge in [-0.25, -0.2) is 4.39 Å². The van der Waals surface area contributed by atoms with Gasteiger partial charge in [0.1, 0.15) is 11.4 Å². The van der Waals surface area contributed by atoms with Gasteiger partial charge in [0.2, 0.25) is 0 Å². The summed E-state index contributed by atoms with van der Waals surface area (Å²) in [5, 5.41) is 9.68. The summed E-state index contributed by atoms with van der Waals surface area (Å²) in [7, 11) is 1.73. The van der Waals surface area contributed by atoms with Crippen molar-refractivity contribution in [1.82, 2.24) is 9.88 Å². The summed E-state index contributed by atoms with van der Waals surface area (Å²) in [6.07, 6.45) is 1.60. The molecule has 1 N–H and O–H groups in total. The molecule has 0 fully saturated rings. The quantitative estimate of drug-likeness (QED) is 0.932. The van der Waals surface area contributed by atoms with E-state index < -0.39 is 11.5 Å². The molecule has 4 nitrogen and oxygen atoms in total. The highest BCUT2D eigenvalue weighted by Gasteiger charge is 2.32. The SMILES string of the molecule is CN(Cc1ccc(F)c2cccnc12)C(C)(C)C(=O)O. The number of carboxylic acid groups (broad SMARTS) is 1. The number of hydrogen-bond donors (Lipinski definition) is 1. The second-order valence-corrected chi connectivity index (χ2v) is 5.33. The molecule has 0 unspecified atom stereocenters. The Morgan fingerprint density at radius 1 is 1.40 bits per heavy atom. The minimum Gasteiger partial charge on any atom is -0.480 e. The number of rotatable bonds is 4. The third-order valence-corrected chi connectivity index (χ3v) is 3.69. The van der Waals surface area contributed by atoms with Gasteiger partial charge in [-0.1, -0.05) is 6.07 Å². The summed E-state index contributed by atoms with van der Waals surface area (Å²) < 4.78 is 13.7. The molecule has 0 spiro atoms. The molecule has 0 atom stereocenters. The lowest BCUT2D eigenvalue weighted by Crippen LogP contribution is -2.47. The first kappa shape index (κ1) is 14.4. The minimum absolute atomic E-state index is 0.322. The first-order valence-electron chi connectivity index (χ1n) is 6.31. The second kappa shape index (κ2) is 5.17. The van der Waals surface area contributed by atoms with Gasteiger partial charge in [-0.15, -0.1) is 0 Å². The summed E-state index contributed by atoms with van der Waals surface area (Å²) in [5.41, 5.74) is 0.370. The van der Waals surface area contributed by atoms with Crippen LogP contribution in [0.25, 0.3) is 10.9 Å². The lowest BCUT2D eigenvalue weighted by Gasteiger charge is -2.31. The van der Waals surface area contributed by atoms with Gasteiger partial charge in [-0.05, 0) is 44.7 Å². The maximum Gasteiger partial charge on any atom is 0.323 e. The molecule has 0 amide bonds. The zero-order valence-electron chi connectivity index (χ0n) is 11.7. The van der Waals surface area contributed by atoms with Crippen LogP contribution in [0.4, 0.5) is 4.39 Å². The van der Waals surface area contributed by atoms with Crippen LogP contribution in [-0.4, -0.2) is 33.5 Å². The highest BCUT2D eigenvalue weighted by molar-refractivity contribution is 5.82. The lowest BCUT2D eigenvalue weighted by atomic mass is 10.0. The van der Waals surface area contributed by atoms with Gasteiger partial charge in [0.05, 0.1) is 5.52 Å². The van der Waals surface area contributed by atoms with E-state index in [0.717, 1.165) is 5.56 Å². The molecule has 1 aromatic heterocycles. The average molecular weight is 276 g/mol. The smallest absolute Gasteiger partial charge is 0.323 e. The predicted octanol–water partition coefficient (Wildman–Crippen LogP) is 2.67. The van der Waals surface area contributed by atoms with Crippen LogP contribution in [0.5, 0.6) is 0 Å². The van der Waals surface area contributed by atoms with E-state index in [9.17, 15) is 14.3 Å². The molecule has 1 heterocycles. The summed E-state index contributed by atoms with van der Waals surface area (Å²) in [4.78, 5) is 17.2. The molecular formula is C15H17FN2O2. The first-order valence-corrected chi connectivity index (χ1v) is 6.31. The maximum atomic E-state index is 13.7. The molecule has 0 saturated heterocycles. The van der Waals surface area contributed by atoms with E-state index in [2.05, 4.69) is 4.98 Å². The highest BCUT2D eigenvalue weighted by Crippen LogP contribution is 2.23. The van der Waals surface area contributed by atoms with Crippen LogP contribution in [0.15, 0.2) is 30.5 Å². The number of benzene rings is 1. The zero-order chi connectivity index (χ0) is 14.9. The van der Waals surface area contributed by atoms with Crippen molar-refractivity contribution in [2.24, 2.45) is 0 Å². The Balaban J connectivity index is 2.40. The molecule has 20 heavy (non-hydrogen) atoms. The average Bonchev–Trinajstić information content (AvgIpc) is 2.42. The van der Waals surface area contributed by atoms with E-state index in [1.54, 1.807) is 50.2 Å². The Bertz CT molecular complexity index is 655. The third kappa shape index (κ3) is 2.49. The molecule has 0 aliphatic rings. The van der Waals surface area contributed by atoms with Crippen LogP contribution < -0.4 is 0 Å². The van der Waals surface area contributed by atoms with E-state index in [4.69, 9.17) is 0 Å². The molecule has 2 rings (SSSR count). The van der Waals surface area contributed by atoms with Crippen molar-refractivity contribution in [2.75, 3.05) is 7.05 Å².